The van der Waals surface area contributed by atoms with Crippen LogP contribution < -0.4 is 5.32 Å². The number of rotatable bonds is 5. The van der Waals surface area contributed by atoms with Crippen LogP contribution in [0.25, 0.3) is 10.9 Å². The van der Waals surface area contributed by atoms with Crippen molar-refractivity contribution >= 4 is 16.8 Å². The molecule has 1 saturated carbocycles. The van der Waals surface area contributed by atoms with Gasteiger partial charge in [0, 0.05) is 29.6 Å². The first-order valence-electron chi connectivity index (χ1n) is 10.4. The predicted octanol–water partition coefficient (Wildman–Crippen LogP) is 3.95. The molecule has 5 rings (SSSR count). The van der Waals surface area contributed by atoms with Gasteiger partial charge in [-0.2, -0.15) is 18.3 Å². The van der Waals surface area contributed by atoms with Gasteiger partial charge in [0.15, 0.2) is 5.69 Å². The highest BCUT2D eigenvalue weighted by Gasteiger charge is 2.44. The van der Waals surface area contributed by atoms with E-state index in [-0.39, 0.29) is 23.4 Å². The topological polar surface area (TPSA) is 89.9 Å². The van der Waals surface area contributed by atoms with Gasteiger partial charge in [-0.15, -0.1) is 5.10 Å². The minimum Gasteiger partial charge on any atom is -0.368 e. The molecule has 10 heteroatoms. The molecule has 166 valence electrons. The smallest absolute Gasteiger partial charge is 0.368 e. The summed E-state index contributed by atoms with van der Waals surface area (Å²) in [5.41, 5.74) is 2.14. The van der Waals surface area contributed by atoms with Crippen LogP contribution in [-0.4, -0.2) is 32.6 Å². The van der Waals surface area contributed by atoms with E-state index in [1.54, 1.807) is 18.5 Å². The molecule has 0 aromatic carbocycles. The molecule has 1 aliphatic heterocycles. The van der Waals surface area contributed by atoms with Gasteiger partial charge in [-0.1, -0.05) is 0 Å². The van der Waals surface area contributed by atoms with Gasteiger partial charge in [-0.05, 0) is 49.4 Å². The van der Waals surface area contributed by atoms with E-state index in [9.17, 15) is 18.0 Å². The summed E-state index contributed by atoms with van der Waals surface area (Å²) in [6.07, 6.45) is 0.210. The van der Waals surface area contributed by atoms with E-state index in [1.165, 1.54) is 6.07 Å². The number of nitrogens with zero attached hydrogens (tertiary/aromatic N) is 4. The van der Waals surface area contributed by atoms with E-state index in [2.05, 4.69) is 25.5 Å². The number of carbonyl (C=O) groups is 1. The number of carbonyl (C=O) groups excluding carboxylic acids is 1. The normalized spacial score (nSPS) is 19.1. The molecule has 0 spiro atoms. The third kappa shape index (κ3) is 3.68. The number of hydrogen-bond acceptors (Lipinski definition) is 6. The minimum atomic E-state index is -4.54. The van der Waals surface area contributed by atoms with Crippen molar-refractivity contribution in [3.05, 3.63) is 58.8 Å². The lowest BCUT2D eigenvalue weighted by Gasteiger charge is -2.24. The lowest BCUT2D eigenvalue weighted by atomic mass is 9.86. The summed E-state index contributed by atoms with van der Waals surface area (Å²) >= 11 is 0. The molecular weight excluding hydrogens is 423 g/mol. The quantitative estimate of drug-likeness (QED) is 0.642. The molecule has 1 aliphatic carbocycles. The lowest BCUT2D eigenvalue weighted by molar-refractivity contribution is -0.141. The van der Waals surface area contributed by atoms with Crippen LogP contribution in [0.3, 0.4) is 0 Å². The second-order valence-electron chi connectivity index (χ2n) is 8.08. The van der Waals surface area contributed by atoms with Gasteiger partial charge in [0.1, 0.15) is 5.69 Å². The molecule has 0 saturated heterocycles. The lowest BCUT2D eigenvalue weighted by Crippen LogP contribution is -2.23. The molecular formula is C22H20F3N5O2. The molecule has 2 aliphatic rings. The Morgan fingerprint density at radius 3 is 2.69 bits per heavy atom. The van der Waals surface area contributed by atoms with Gasteiger partial charge in [-0.25, -0.2) is 4.98 Å². The van der Waals surface area contributed by atoms with Gasteiger partial charge >= 0.3 is 6.18 Å². The van der Waals surface area contributed by atoms with Crippen molar-refractivity contribution in [1.82, 2.24) is 25.5 Å². The summed E-state index contributed by atoms with van der Waals surface area (Å²) in [5, 5.41) is 10.8. The van der Waals surface area contributed by atoms with Gasteiger partial charge < -0.3 is 10.1 Å². The molecule has 2 atom stereocenters. The zero-order chi connectivity index (χ0) is 22.5. The molecule has 1 unspecified atom stereocenters. The number of aromatic nitrogens is 4. The van der Waals surface area contributed by atoms with Crippen LogP contribution in [0.4, 0.5) is 13.2 Å². The van der Waals surface area contributed by atoms with Crippen molar-refractivity contribution in [2.45, 2.75) is 44.6 Å². The highest BCUT2D eigenvalue weighted by Crippen LogP contribution is 2.53. The third-order valence-electron chi connectivity index (χ3n) is 5.92. The summed E-state index contributed by atoms with van der Waals surface area (Å²) in [7, 11) is 0. The molecule has 0 radical (unpaired) electrons. The van der Waals surface area contributed by atoms with Crippen LogP contribution in [0, 0.1) is 5.92 Å². The highest BCUT2D eigenvalue weighted by atomic mass is 19.4. The van der Waals surface area contributed by atoms with Gasteiger partial charge in [0.25, 0.3) is 5.91 Å². The first kappa shape index (κ1) is 20.7. The Balaban J connectivity index is 1.58. The first-order chi connectivity index (χ1) is 15.4. The van der Waals surface area contributed by atoms with Crippen LogP contribution in [0.5, 0.6) is 0 Å². The van der Waals surface area contributed by atoms with Crippen molar-refractivity contribution in [3.8, 4) is 0 Å². The van der Waals surface area contributed by atoms with E-state index in [0.29, 0.717) is 24.4 Å². The van der Waals surface area contributed by atoms with Crippen molar-refractivity contribution in [3.63, 3.8) is 0 Å². The van der Waals surface area contributed by atoms with Crippen molar-refractivity contribution in [2.75, 3.05) is 6.54 Å². The number of hydrogen-bond donors (Lipinski definition) is 1. The van der Waals surface area contributed by atoms with Crippen LogP contribution >= 0.6 is 0 Å². The molecule has 7 nitrogen and oxygen atoms in total. The number of amides is 1. The van der Waals surface area contributed by atoms with Crippen LogP contribution in [0.1, 0.15) is 64.8 Å². The summed E-state index contributed by atoms with van der Waals surface area (Å²) < 4.78 is 45.0. The summed E-state index contributed by atoms with van der Waals surface area (Å²) in [5.74, 6) is -0.280. The number of ether oxygens (including phenoxy) is 1. The predicted molar refractivity (Wildman–Crippen MR) is 108 cm³/mol. The second kappa shape index (κ2) is 7.77. The Morgan fingerprint density at radius 2 is 2.03 bits per heavy atom. The van der Waals surface area contributed by atoms with Crippen LogP contribution in [-0.2, 0) is 17.5 Å². The van der Waals surface area contributed by atoms with E-state index in [4.69, 9.17) is 4.74 Å². The molecule has 1 amide bonds. The maximum atomic E-state index is 12.9. The van der Waals surface area contributed by atoms with Gasteiger partial charge in [0.05, 0.1) is 30.1 Å². The first-order valence-corrected chi connectivity index (χ1v) is 10.4. The second-order valence-corrected chi connectivity index (χ2v) is 8.08. The SMILES string of the molecule is CCNC(=O)c1cc2c3c(cnc2cn1)COC3[C@@H](c1ccc(C(F)(F)F)nn1)C1CC1. The highest BCUT2D eigenvalue weighted by molar-refractivity contribution is 5.96. The summed E-state index contributed by atoms with van der Waals surface area (Å²) in [6.45, 7) is 2.64. The molecule has 32 heavy (non-hydrogen) atoms. The zero-order valence-corrected chi connectivity index (χ0v) is 17.2. The largest absolute Gasteiger partial charge is 0.435 e. The zero-order valence-electron chi connectivity index (χ0n) is 17.2. The molecule has 1 N–H and O–H groups in total. The summed E-state index contributed by atoms with van der Waals surface area (Å²) in [4.78, 5) is 21.0. The molecule has 1 fully saturated rings. The Labute approximate surface area is 181 Å². The van der Waals surface area contributed by atoms with Crippen molar-refractivity contribution in [2.24, 2.45) is 5.92 Å². The minimum absolute atomic E-state index is 0.238. The number of alkyl halides is 3. The monoisotopic (exact) mass is 443 g/mol. The van der Waals surface area contributed by atoms with Gasteiger partial charge in [-0.3, -0.25) is 9.78 Å². The Hall–Kier alpha value is -3.14. The number of nitrogens with one attached hydrogen (secondary N) is 1. The van der Waals surface area contributed by atoms with E-state index in [1.807, 2.05) is 6.92 Å². The summed E-state index contributed by atoms with van der Waals surface area (Å²) in [6, 6.07) is 4.07. The van der Waals surface area contributed by atoms with Gasteiger partial charge in [0.2, 0.25) is 0 Å². The fourth-order valence-electron chi connectivity index (χ4n) is 4.30. The van der Waals surface area contributed by atoms with Crippen LogP contribution in [0.15, 0.2) is 30.6 Å². The fourth-order valence-corrected chi connectivity index (χ4v) is 4.30. The average Bonchev–Trinajstić information content (AvgIpc) is 3.52. The van der Waals surface area contributed by atoms with E-state index in [0.717, 1.165) is 35.4 Å². The fraction of sp³-hybridized carbons (Fsp3) is 0.409. The number of fused-ring (bicyclic) bond motifs is 3. The maximum absolute atomic E-state index is 12.9. The average molecular weight is 443 g/mol. The van der Waals surface area contributed by atoms with E-state index < -0.39 is 18.0 Å². The Kier molecular flexibility index (Phi) is 5.04. The number of halogens is 3. The Morgan fingerprint density at radius 1 is 1.22 bits per heavy atom. The van der Waals surface area contributed by atoms with Crippen molar-refractivity contribution < 1.29 is 22.7 Å². The van der Waals surface area contributed by atoms with Crippen molar-refractivity contribution in [1.29, 1.82) is 0 Å². The standard InChI is InChI=1S/C22H20F3N5O2/c1-2-26-21(31)15-7-13-16(9-28-15)27-8-12-10-32-20(18(12)13)19(11-3-4-11)14-5-6-17(30-29-14)22(23,24)25/h5-9,11,19-20H,2-4,10H2,1H3,(H,26,31)/t19-,20?/m1/s1. The van der Waals surface area contributed by atoms with Crippen LogP contribution in [0.2, 0.25) is 0 Å². The Bertz CT molecular complexity index is 1180. The third-order valence-corrected chi connectivity index (χ3v) is 5.92. The van der Waals surface area contributed by atoms with E-state index >= 15 is 0 Å². The molecule has 0 bridgehead atoms. The molecule has 3 aromatic rings. The number of pyridine rings is 2. The molecule has 4 heterocycles. The molecule has 3 aromatic heterocycles. The maximum Gasteiger partial charge on any atom is 0.435 e.